The molecule has 0 atom stereocenters. The number of nitrogens with one attached hydrogen (secondary N) is 1. The molecule has 0 amide bonds. The van der Waals surface area contributed by atoms with Gasteiger partial charge < -0.3 is 5.32 Å². The molecule has 0 fully saturated rings. The van der Waals surface area contributed by atoms with Crippen molar-refractivity contribution in [3.63, 3.8) is 0 Å². The quantitative estimate of drug-likeness (QED) is 0.789. The summed E-state index contributed by atoms with van der Waals surface area (Å²) in [5.41, 5.74) is 0.921. The first-order chi connectivity index (χ1) is 7.45. The first-order valence-electron chi connectivity index (χ1n) is 5.34. The van der Waals surface area contributed by atoms with Crippen LogP contribution in [0.2, 0.25) is 0 Å². The molecule has 5 nitrogen and oxygen atoms in total. The zero-order valence-electron chi connectivity index (χ0n) is 9.97. The van der Waals surface area contributed by atoms with Gasteiger partial charge >= 0.3 is 0 Å². The van der Waals surface area contributed by atoms with E-state index in [4.69, 9.17) is 0 Å². The standard InChI is InChI=1S/C10H19N3O2S/c1-9(2)16(14,15)7-6-13-5-4-10(12-13)8-11-3/h4-5,9,11H,6-8H2,1-3H3. The van der Waals surface area contributed by atoms with Crippen molar-refractivity contribution in [2.24, 2.45) is 0 Å². The Morgan fingerprint density at radius 2 is 2.19 bits per heavy atom. The van der Waals surface area contributed by atoms with E-state index in [1.54, 1.807) is 18.5 Å². The van der Waals surface area contributed by atoms with E-state index < -0.39 is 9.84 Å². The van der Waals surface area contributed by atoms with Crippen molar-refractivity contribution in [2.75, 3.05) is 12.8 Å². The minimum Gasteiger partial charge on any atom is -0.314 e. The Morgan fingerprint density at radius 3 is 2.75 bits per heavy atom. The van der Waals surface area contributed by atoms with Gasteiger partial charge in [0.15, 0.2) is 9.84 Å². The fourth-order valence-corrected chi connectivity index (χ4v) is 2.17. The molecule has 0 unspecified atom stereocenters. The monoisotopic (exact) mass is 245 g/mol. The molecule has 1 aromatic rings. The third-order valence-corrected chi connectivity index (χ3v) is 4.57. The summed E-state index contributed by atoms with van der Waals surface area (Å²) in [7, 11) is -1.13. The van der Waals surface area contributed by atoms with Crippen molar-refractivity contribution in [1.29, 1.82) is 0 Å². The molecule has 0 spiro atoms. The van der Waals surface area contributed by atoms with Gasteiger partial charge in [0.1, 0.15) is 0 Å². The first kappa shape index (κ1) is 13.2. The molecule has 1 rings (SSSR count). The van der Waals surface area contributed by atoms with E-state index in [2.05, 4.69) is 10.4 Å². The molecule has 6 heteroatoms. The zero-order chi connectivity index (χ0) is 12.2. The van der Waals surface area contributed by atoms with E-state index in [0.717, 1.165) is 5.69 Å². The fourth-order valence-electron chi connectivity index (χ4n) is 1.26. The predicted octanol–water partition coefficient (Wildman–Crippen LogP) is 0.426. The summed E-state index contributed by atoms with van der Waals surface area (Å²) < 4.78 is 24.8. The van der Waals surface area contributed by atoms with Gasteiger partial charge in [0.25, 0.3) is 0 Å². The van der Waals surface area contributed by atoms with Crippen molar-refractivity contribution in [1.82, 2.24) is 15.1 Å². The predicted molar refractivity (Wildman–Crippen MR) is 63.9 cm³/mol. The van der Waals surface area contributed by atoms with Crippen LogP contribution in [0.4, 0.5) is 0 Å². The minimum absolute atomic E-state index is 0.144. The Balaban J connectivity index is 2.55. The molecule has 0 aliphatic rings. The van der Waals surface area contributed by atoms with E-state index in [0.29, 0.717) is 13.1 Å². The average molecular weight is 245 g/mol. The Kier molecular flexibility index (Phi) is 4.49. The van der Waals surface area contributed by atoms with Gasteiger partial charge in [0, 0.05) is 12.7 Å². The van der Waals surface area contributed by atoms with Crippen LogP contribution < -0.4 is 5.32 Å². The van der Waals surface area contributed by atoms with E-state index in [-0.39, 0.29) is 11.0 Å². The van der Waals surface area contributed by atoms with Crippen molar-refractivity contribution < 1.29 is 8.42 Å². The summed E-state index contributed by atoms with van der Waals surface area (Å²) in [6.45, 7) is 4.52. The number of aromatic nitrogens is 2. The van der Waals surface area contributed by atoms with Crippen LogP contribution in [0.1, 0.15) is 19.5 Å². The lowest BCUT2D eigenvalue weighted by Gasteiger charge is -2.07. The van der Waals surface area contributed by atoms with Crippen LogP contribution in [0.5, 0.6) is 0 Å². The molecule has 0 aromatic carbocycles. The van der Waals surface area contributed by atoms with Crippen LogP contribution >= 0.6 is 0 Å². The molecule has 0 radical (unpaired) electrons. The van der Waals surface area contributed by atoms with Gasteiger partial charge in [-0.1, -0.05) is 0 Å². The summed E-state index contributed by atoms with van der Waals surface area (Å²) in [6, 6.07) is 1.89. The van der Waals surface area contributed by atoms with Gasteiger partial charge in [0.2, 0.25) is 0 Å². The molecule has 1 N–H and O–H groups in total. The lowest BCUT2D eigenvalue weighted by atomic mass is 10.4. The zero-order valence-corrected chi connectivity index (χ0v) is 10.8. The smallest absolute Gasteiger partial charge is 0.154 e. The van der Waals surface area contributed by atoms with Gasteiger partial charge in [-0.25, -0.2) is 8.42 Å². The van der Waals surface area contributed by atoms with E-state index in [1.807, 2.05) is 19.3 Å². The van der Waals surface area contributed by atoms with Crippen LogP contribution in [0.15, 0.2) is 12.3 Å². The Hall–Kier alpha value is -0.880. The Labute approximate surface area is 96.8 Å². The van der Waals surface area contributed by atoms with E-state index >= 15 is 0 Å². The number of hydrogen-bond donors (Lipinski definition) is 1. The number of nitrogens with zero attached hydrogens (tertiary/aromatic N) is 2. The van der Waals surface area contributed by atoms with Crippen LogP contribution in [0.25, 0.3) is 0 Å². The van der Waals surface area contributed by atoms with Crippen LogP contribution in [0.3, 0.4) is 0 Å². The fraction of sp³-hybridized carbons (Fsp3) is 0.700. The minimum atomic E-state index is -2.98. The number of aryl methyl sites for hydroxylation is 1. The molecule has 0 aliphatic carbocycles. The second-order valence-electron chi connectivity index (χ2n) is 4.02. The van der Waals surface area contributed by atoms with E-state index in [9.17, 15) is 8.42 Å². The largest absolute Gasteiger partial charge is 0.314 e. The second-order valence-corrected chi connectivity index (χ2v) is 6.69. The van der Waals surface area contributed by atoms with Gasteiger partial charge in [-0.3, -0.25) is 4.68 Å². The van der Waals surface area contributed by atoms with Crippen molar-refractivity contribution in [3.05, 3.63) is 18.0 Å². The highest BCUT2D eigenvalue weighted by molar-refractivity contribution is 7.91. The third kappa shape index (κ3) is 3.61. The lowest BCUT2D eigenvalue weighted by molar-refractivity contribution is 0.570. The summed E-state index contributed by atoms with van der Waals surface area (Å²) in [5.74, 6) is 0.144. The maximum absolute atomic E-state index is 11.6. The first-order valence-corrected chi connectivity index (χ1v) is 7.05. The third-order valence-electron chi connectivity index (χ3n) is 2.38. The number of rotatable bonds is 6. The van der Waals surface area contributed by atoms with Gasteiger partial charge in [0.05, 0.1) is 23.2 Å². The SMILES string of the molecule is CNCc1ccn(CCS(=O)(=O)C(C)C)n1. The molecule has 0 aliphatic heterocycles. The lowest BCUT2D eigenvalue weighted by Crippen LogP contribution is -2.21. The van der Waals surface area contributed by atoms with Gasteiger partial charge in [-0.15, -0.1) is 0 Å². The Morgan fingerprint density at radius 1 is 1.50 bits per heavy atom. The summed E-state index contributed by atoms with van der Waals surface area (Å²) in [4.78, 5) is 0. The molecule has 92 valence electrons. The molecular formula is C10H19N3O2S. The number of sulfone groups is 1. The normalized spacial score (nSPS) is 12.2. The highest BCUT2D eigenvalue weighted by Crippen LogP contribution is 2.02. The van der Waals surface area contributed by atoms with Crippen molar-refractivity contribution in [3.8, 4) is 0 Å². The summed E-state index contributed by atoms with van der Waals surface area (Å²) in [5, 5.41) is 6.93. The maximum atomic E-state index is 11.6. The topological polar surface area (TPSA) is 64.0 Å². The van der Waals surface area contributed by atoms with Crippen molar-refractivity contribution >= 4 is 9.84 Å². The molecule has 1 heterocycles. The highest BCUT2D eigenvalue weighted by Gasteiger charge is 2.15. The number of hydrogen-bond acceptors (Lipinski definition) is 4. The highest BCUT2D eigenvalue weighted by atomic mass is 32.2. The summed E-state index contributed by atoms with van der Waals surface area (Å²) in [6.07, 6.45) is 1.81. The van der Waals surface area contributed by atoms with Crippen LogP contribution in [0, 0.1) is 0 Å². The van der Waals surface area contributed by atoms with E-state index in [1.165, 1.54) is 0 Å². The molecule has 16 heavy (non-hydrogen) atoms. The average Bonchev–Trinajstić information content (AvgIpc) is 2.63. The van der Waals surface area contributed by atoms with Gasteiger partial charge in [-0.05, 0) is 27.0 Å². The molecule has 0 bridgehead atoms. The molecule has 1 aromatic heterocycles. The molecule has 0 saturated heterocycles. The maximum Gasteiger partial charge on any atom is 0.154 e. The van der Waals surface area contributed by atoms with Crippen LogP contribution in [-0.2, 0) is 22.9 Å². The Bertz CT molecular complexity index is 423. The van der Waals surface area contributed by atoms with Crippen LogP contribution in [-0.4, -0.2) is 36.2 Å². The molecular weight excluding hydrogens is 226 g/mol. The second kappa shape index (κ2) is 5.45. The molecule has 0 saturated carbocycles. The van der Waals surface area contributed by atoms with Gasteiger partial charge in [-0.2, -0.15) is 5.10 Å². The summed E-state index contributed by atoms with van der Waals surface area (Å²) >= 11 is 0. The van der Waals surface area contributed by atoms with Crippen molar-refractivity contribution in [2.45, 2.75) is 32.2 Å².